The summed E-state index contributed by atoms with van der Waals surface area (Å²) in [5.74, 6) is 0.154. The molecule has 0 bridgehead atoms. The van der Waals surface area contributed by atoms with Gasteiger partial charge < -0.3 is 10.1 Å². The molecule has 1 aliphatic heterocycles. The average Bonchev–Trinajstić information content (AvgIpc) is 3.27. The largest absolute Gasteiger partial charge is 0.379 e. The molecule has 4 heterocycles. The van der Waals surface area contributed by atoms with Crippen LogP contribution in [0.5, 0.6) is 0 Å². The minimum absolute atomic E-state index is 0.0500. The number of nitrogens with zero attached hydrogens (tertiary/aromatic N) is 5. The number of halogens is 2. The second-order valence-corrected chi connectivity index (χ2v) is 8.73. The molecule has 1 aliphatic rings. The third-order valence-corrected chi connectivity index (χ3v) is 6.37. The summed E-state index contributed by atoms with van der Waals surface area (Å²) in [4.78, 5) is 28.7. The highest BCUT2D eigenvalue weighted by molar-refractivity contribution is 6.36. The number of morpholine rings is 1. The summed E-state index contributed by atoms with van der Waals surface area (Å²) in [5, 5.41) is 4.74. The topological polar surface area (TPSA) is 85.2 Å². The van der Waals surface area contributed by atoms with Gasteiger partial charge in [-0.15, -0.1) is 0 Å². The van der Waals surface area contributed by atoms with Gasteiger partial charge in [-0.25, -0.2) is 15.0 Å². The van der Waals surface area contributed by atoms with Gasteiger partial charge in [-0.2, -0.15) is 0 Å². The third kappa shape index (κ3) is 4.63. The molecule has 1 fully saturated rings. The van der Waals surface area contributed by atoms with Crippen molar-refractivity contribution in [1.82, 2.24) is 29.7 Å². The normalized spacial score (nSPS) is 15.4. The number of fused-ring (bicyclic) bond motifs is 1. The smallest absolute Gasteiger partial charge is 0.253 e. The zero-order valence-electron chi connectivity index (χ0n) is 18.2. The molecule has 1 amide bonds. The van der Waals surface area contributed by atoms with Crippen molar-refractivity contribution in [1.29, 1.82) is 0 Å². The van der Waals surface area contributed by atoms with Crippen LogP contribution < -0.4 is 5.32 Å². The summed E-state index contributed by atoms with van der Waals surface area (Å²) >= 11 is 12.8. The summed E-state index contributed by atoms with van der Waals surface area (Å²) < 4.78 is 7.19. The molecule has 1 N–H and O–H groups in total. The van der Waals surface area contributed by atoms with Crippen LogP contribution in [-0.4, -0.2) is 63.2 Å². The molecule has 1 atom stereocenters. The first kappa shape index (κ1) is 22.7. The summed E-state index contributed by atoms with van der Waals surface area (Å²) in [6.07, 6.45) is 6.55. The maximum absolute atomic E-state index is 13.4. The quantitative estimate of drug-likeness (QED) is 0.435. The van der Waals surface area contributed by atoms with Gasteiger partial charge >= 0.3 is 0 Å². The van der Waals surface area contributed by atoms with Gasteiger partial charge in [0.2, 0.25) is 5.95 Å². The summed E-state index contributed by atoms with van der Waals surface area (Å²) in [5.41, 5.74) is 1.96. The van der Waals surface area contributed by atoms with E-state index < -0.39 is 0 Å². The third-order valence-electron chi connectivity index (χ3n) is 5.82. The van der Waals surface area contributed by atoms with E-state index in [1.165, 1.54) is 0 Å². The lowest BCUT2D eigenvalue weighted by Gasteiger charge is -2.35. The van der Waals surface area contributed by atoms with Crippen molar-refractivity contribution < 1.29 is 9.53 Å². The maximum atomic E-state index is 13.4. The van der Waals surface area contributed by atoms with Crippen molar-refractivity contribution in [2.24, 2.45) is 0 Å². The van der Waals surface area contributed by atoms with Crippen LogP contribution in [-0.2, 0) is 4.74 Å². The number of rotatable bonds is 6. The molecule has 1 saturated heterocycles. The van der Waals surface area contributed by atoms with Crippen molar-refractivity contribution in [2.75, 3.05) is 32.8 Å². The Morgan fingerprint density at radius 3 is 2.62 bits per heavy atom. The number of ether oxygens (including phenoxy) is 1. The Bertz CT molecular complexity index is 1310. The number of hydrogen-bond acceptors (Lipinski definition) is 6. The highest BCUT2D eigenvalue weighted by atomic mass is 35.5. The first-order chi connectivity index (χ1) is 16.6. The molecular weight excluding hydrogens is 475 g/mol. The lowest BCUT2D eigenvalue weighted by Crippen LogP contribution is -2.43. The highest BCUT2D eigenvalue weighted by Crippen LogP contribution is 2.29. The number of amides is 1. The Morgan fingerprint density at radius 1 is 1.06 bits per heavy atom. The molecule has 8 nitrogen and oxygen atoms in total. The molecule has 10 heteroatoms. The van der Waals surface area contributed by atoms with Crippen LogP contribution in [0.15, 0.2) is 61.2 Å². The Balaban J connectivity index is 1.46. The number of benzene rings is 1. The molecule has 5 rings (SSSR count). The van der Waals surface area contributed by atoms with Crippen LogP contribution in [0, 0.1) is 0 Å². The molecule has 174 valence electrons. The Kier molecular flexibility index (Phi) is 6.73. The van der Waals surface area contributed by atoms with Crippen LogP contribution >= 0.6 is 23.2 Å². The maximum Gasteiger partial charge on any atom is 0.253 e. The first-order valence-electron chi connectivity index (χ1n) is 10.9. The number of carbonyl (C=O) groups is 1. The van der Waals surface area contributed by atoms with Crippen molar-refractivity contribution in [3.8, 4) is 5.95 Å². The number of carbonyl (C=O) groups excluding carboxylic acids is 1. The van der Waals surface area contributed by atoms with Crippen LogP contribution in [0.1, 0.15) is 22.0 Å². The molecule has 1 unspecified atom stereocenters. The van der Waals surface area contributed by atoms with E-state index in [-0.39, 0.29) is 11.9 Å². The standard InChI is InChI=1S/C24H22Cl2N6O2/c25-17-4-1-3-16(13-17)20(31-9-11-34-12-10-31)14-30-23(33)18-15-32(24-28-6-2-7-29-24)22-21(18)19(26)5-8-27-22/h1-8,13,15,20H,9-12,14H2,(H,30,33). The minimum atomic E-state index is -0.255. The molecule has 0 aliphatic carbocycles. The van der Waals surface area contributed by atoms with Crippen molar-refractivity contribution in [3.63, 3.8) is 0 Å². The van der Waals surface area contributed by atoms with Crippen molar-refractivity contribution >= 4 is 40.1 Å². The van der Waals surface area contributed by atoms with E-state index in [4.69, 9.17) is 27.9 Å². The lowest BCUT2D eigenvalue weighted by molar-refractivity contribution is 0.0162. The Labute approximate surface area is 206 Å². The van der Waals surface area contributed by atoms with Crippen molar-refractivity contribution in [3.05, 3.63) is 82.4 Å². The van der Waals surface area contributed by atoms with E-state index in [0.717, 1.165) is 18.7 Å². The van der Waals surface area contributed by atoms with Gasteiger partial charge in [-0.1, -0.05) is 35.3 Å². The van der Waals surface area contributed by atoms with E-state index in [9.17, 15) is 4.79 Å². The SMILES string of the molecule is O=C(NCC(c1cccc(Cl)c1)N1CCOCC1)c1cn(-c2ncccn2)c2nccc(Cl)c12. The minimum Gasteiger partial charge on any atom is -0.379 e. The fourth-order valence-corrected chi connectivity index (χ4v) is 4.64. The van der Waals surface area contributed by atoms with Gasteiger partial charge in [0.15, 0.2) is 0 Å². The van der Waals surface area contributed by atoms with Gasteiger partial charge in [0, 0.05) is 49.4 Å². The van der Waals surface area contributed by atoms with E-state index in [1.807, 2.05) is 24.3 Å². The van der Waals surface area contributed by atoms with Crippen LogP contribution in [0.4, 0.5) is 0 Å². The van der Waals surface area contributed by atoms with Crippen LogP contribution in [0.3, 0.4) is 0 Å². The van der Waals surface area contributed by atoms with Gasteiger partial charge in [0.25, 0.3) is 5.91 Å². The van der Waals surface area contributed by atoms with Gasteiger partial charge in [0.05, 0.1) is 35.2 Å². The van der Waals surface area contributed by atoms with Crippen molar-refractivity contribution in [2.45, 2.75) is 6.04 Å². The average molecular weight is 497 g/mol. The molecule has 0 spiro atoms. The molecule has 34 heavy (non-hydrogen) atoms. The summed E-state index contributed by atoms with van der Waals surface area (Å²) in [6.45, 7) is 3.24. The molecular formula is C24H22Cl2N6O2. The number of pyridine rings is 1. The van der Waals surface area contributed by atoms with E-state index in [1.54, 1.807) is 41.5 Å². The molecule has 0 saturated carbocycles. The Morgan fingerprint density at radius 2 is 1.85 bits per heavy atom. The van der Waals surface area contributed by atoms with Gasteiger partial charge in [0.1, 0.15) is 5.65 Å². The predicted molar refractivity (Wildman–Crippen MR) is 131 cm³/mol. The fraction of sp³-hybridized carbons (Fsp3) is 0.250. The summed E-state index contributed by atoms with van der Waals surface area (Å²) in [7, 11) is 0. The lowest BCUT2D eigenvalue weighted by atomic mass is 10.0. The fourth-order valence-electron chi connectivity index (χ4n) is 4.20. The molecule has 4 aromatic rings. The zero-order chi connectivity index (χ0) is 23.5. The van der Waals surface area contributed by atoms with Gasteiger partial charge in [-0.05, 0) is 29.8 Å². The number of aromatic nitrogens is 4. The monoisotopic (exact) mass is 496 g/mol. The summed E-state index contributed by atoms with van der Waals surface area (Å²) in [6, 6.07) is 11.1. The Hall–Kier alpha value is -3.04. The number of hydrogen-bond donors (Lipinski definition) is 1. The van der Waals surface area contributed by atoms with Crippen LogP contribution in [0.25, 0.3) is 17.0 Å². The van der Waals surface area contributed by atoms with Gasteiger partial charge in [-0.3, -0.25) is 14.3 Å². The second-order valence-electron chi connectivity index (χ2n) is 7.88. The highest BCUT2D eigenvalue weighted by Gasteiger charge is 2.25. The predicted octanol–water partition coefficient (Wildman–Crippen LogP) is 3.93. The molecule has 1 aromatic carbocycles. The first-order valence-corrected chi connectivity index (χ1v) is 11.7. The van der Waals surface area contributed by atoms with Crippen LogP contribution in [0.2, 0.25) is 10.0 Å². The molecule has 0 radical (unpaired) electrons. The van der Waals surface area contributed by atoms with E-state index in [0.29, 0.717) is 52.3 Å². The second kappa shape index (κ2) is 10.1. The number of nitrogens with one attached hydrogen (secondary N) is 1. The molecule has 3 aromatic heterocycles. The van der Waals surface area contributed by atoms with E-state index in [2.05, 4.69) is 25.2 Å². The zero-order valence-corrected chi connectivity index (χ0v) is 19.7. The van der Waals surface area contributed by atoms with E-state index >= 15 is 0 Å².